The van der Waals surface area contributed by atoms with Gasteiger partial charge >= 0.3 is 0 Å². The van der Waals surface area contributed by atoms with E-state index in [1.54, 1.807) is 24.3 Å². The van der Waals surface area contributed by atoms with Crippen LogP contribution in [0.1, 0.15) is 11.1 Å². The van der Waals surface area contributed by atoms with Crippen LogP contribution in [0.15, 0.2) is 46.2 Å². The molecule has 0 saturated heterocycles. The molecule has 0 amide bonds. The number of nitrogen functional groups attached to an aromatic ring is 2. The summed E-state index contributed by atoms with van der Waals surface area (Å²) < 4.78 is 36.6. The van der Waals surface area contributed by atoms with Crippen LogP contribution in [0.2, 0.25) is 0 Å². The highest BCUT2D eigenvalue weighted by Gasteiger charge is 2.14. The molecule has 0 spiro atoms. The predicted octanol–water partition coefficient (Wildman–Crippen LogP) is 2.70. The van der Waals surface area contributed by atoms with Crippen molar-refractivity contribution in [2.75, 3.05) is 11.5 Å². The molecule has 0 aliphatic carbocycles. The first-order chi connectivity index (χ1) is 11.3. The Hall–Kier alpha value is -2.08. The molecule has 0 unspecified atom stereocenters. The number of anilines is 2. The monoisotopic (exact) mass is 370 g/mol. The molecule has 0 bridgehead atoms. The maximum Gasteiger partial charge on any atom is 0.295 e. The van der Waals surface area contributed by atoms with Gasteiger partial charge in [0.15, 0.2) is 0 Å². The van der Waals surface area contributed by atoms with Crippen molar-refractivity contribution in [3.63, 3.8) is 0 Å². The van der Waals surface area contributed by atoms with E-state index in [1.165, 1.54) is 18.2 Å². The van der Waals surface area contributed by atoms with E-state index in [2.05, 4.69) is 9.37 Å². The van der Waals surface area contributed by atoms with Gasteiger partial charge in [0.05, 0.1) is 12.0 Å². The first kappa shape index (κ1) is 18.3. The van der Waals surface area contributed by atoms with E-state index in [4.69, 9.17) is 16.7 Å². The highest BCUT2D eigenvalue weighted by atomic mass is 32.2. The lowest BCUT2D eigenvalue weighted by molar-refractivity contribution is -0.432. The SMILES string of the molecule is Nc1ccc(C=Cc2ccc(N)cc2S(=O)(=O)O)c(SOOO)c1. The molecule has 2 aromatic carbocycles. The second kappa shape index (κ2) is 7.66. The maximum atomic E-state index is 11.5. The molecule has 2 rings (SSSR count). The maximum absolute atomic E-state index is 11.5. The molecule has 0 aliphatic heterocycles. The van der Waals surface area contributed by atoms with Gasteiger partial charge in [0.25, 0.3) is 10.1 Å². The van der Waals surface area contributed by atoms with E-state index in [0.29, 0.717) is 16.1 Å². The normalized spacial score (nSPS) is 11.9. The lowest BCUT2D eigenvalue weighted by Crippen LogP contribution is -2.02. The first-order valence-corrected chi connectivity index (χ1v) is 8.59. The molecule has 0 heterocycles. The Kier molecular flexibility index (Phi) is 5.83. The van der Waals surface area contributed by atoms with E-state index in [0.717, 1.165) is 18.1 Å². The molecule has 8 nitrogen and oxygen atoms in total. The summed E-state index contributed by atoms with van der Waals surface area (Å²) in [5.74, 6) is 0. The number of hydrogen-bond donors (Lipinski definition) is 4. The Morgan fingerprint density at radius 3 is 2.21 bits per heavy atom. The van der Waals surface area contributed by atoms with Gasteiger partial charge in [0, 0.05) is 16.3 Å². The molecule has 2 aromatic rings. The Labute approximate surface area is 142 Å². The summed E-state index contributed by atoms with van der Waals surface area (Å²) in [5.41, 5.74) is 12.8. The summed E-state index contributed by atoms with van der Waals surface area (Å²) in [7, 11) is -4.43. The zero-order valence-corrected chi connectivity index (χ0v) is 13.8. The third-order valence-corrected chi connectivity index (χ3v) is 4.52. The highest BCUT2D eigenvalue weighted by molar-refractivity contribution is 7.94. The van der Waals surface area contributed by atoms with Crippen molar-refractivity contribution in [1.29, 1.82) is 0 Å². The predicted molar refractivity (Wildman–Crippen MR) is 91.1 cm³/mol. The van der Waals surface area contributed by atoms with Crippen molar-refractivity contribution in [3.05, 3.63) is 47.5 Å². The first-order valence-electron chi connectivity index (χ1n) is 6.40. The fourth-order valence-electron chi connectivity index (χ4n) is 1.90. The second-order valence-corrected chi connectivity index (χ2v) is 6.76. The van der Waals surface area contributed by atoms with Crippen LogP contribution < -0.4 is 11.5 Å². The van der Waals surface area contributed by atoms with Crippen LogP contribution in [-0.2, 0) is 19.5 Å². The minimum absolute atomic E-state index is 0.206. The summed E-state index contributed by atoms with van der Waals surface area (Å²) >= 11 is 0.717. The average molecular weight is 370 g/mol. The summed E-state index contributed by atoms with van der Waals surface area (Å²) in [6.07, 6.45) is 3.07. The summed E-state index contributed by atoms with van der Waals surface area (Å²) in [4.78, 5) is 0.211. The van der Waals surface area contributed by atoms with Crippen molar-refractivity contribution in [3.8, 4) is 0 Å². The van der Waals surface area contributed by atoms with Gasteiger partial charge in [-0.05, 0) is 35.4 Å². The van der Waals surface area contributed by atoms with Crippen LogP contribution >= 0.6 is 12.0 Å². The van der Waals surface area contributed by atoms with Gasteiger partial charge in [-0.2, -0.15) is 8.42 Å². The molecule has 0 radical (unpaired) electrons. The molecule has 0 atom stereocenters. The van der Waals surface area contributed by atoms with Gasteiger partial charge in [-0.1, -0.05) is 29.3 Å². The van der Waals surface area contributed by atoms with Gasteiger partial charge in [0.1, 0.15) is 4.90 Å². The lowest BCUT2D eigenvalue weighted by Gasteiger charge is -2.06. The van der Waals surface area contributed by atoms with Crippen molar-refractivity contribution in [1.82, 2.24) is 0 Å². The average Bonchev–Trinajstić information content (AvgIpc) is 2.52. The molecular weight excluding hydrogens is 356 g/mol. The molecule has 128 valence electrons. The lowest BCUT2D eigenvalue weighted by atomic mass is 10.1. The van der Waals surface area contributed by atoms with Gasteiger partial charge in [-0.3, -0.25) is 4.55 Å². The second-order valence-electron chi connectivity index (χ2n) is 4.63. The zero-order chi connectivity index (χ0) is 17.7. The van der Waals surface area contributed by atoms with E-state index < -0.39 is 10.1 Å². The minimum atomic E-state index is -4.43. The van der Waals surface area contributed by atoms with Crippen LogP contribution in [0.4, 0.5) is 11.4 Å². The van der Waals surface area contributed by atoms with Gasteiger partial charge < -0.3 is 11.5 Å². The van der Waals surface area contributed by atoms with Crippen molar-refractivity contribution >= 4 is 45.7 Å². The van der Waals surface area contributed by atoms with Crippen molar-refractivity contribution < 1.29 is 27.6 Å². The zero-order valence-electron chi connectivity index (χ0n) is 12.1. The fourth-order valence-corrected chi connectivity index (χ4v) is 3.14. The van der Waals surface area contributed by atoms with Crippen LogP contribution in [-0.4, -0.2) is 18.2 Å². The van der Waals surface area contributed by atoms with E-state index in [1.807, 2.05) is 0 Å². The van der Waals surface area contributed by atoms with Gasteiger partial charge in [-0.15, -0.1) is 4.33 Å². The van der Waals surface area contributed by atoms with E-state index in [-0.39, 0.29) is 16.1 Å². The smallest absolute Gasteiger partial charge is 0.295 e. The molecule has 0 aromatic heterocycles. The number of nitrogens with two attached hydrogens (primary N) is 2. The third kappa shape index (κ3) is 4.71. The quantitative estimate of drug-likeness (QED) is 0.150. The highest BCUT2D eigenvalue weighted by Crippen LogP contribution is 2.28. The van der Waals surface area contributed by atoms with Crippen LogP contribution in [0.5, 0.6) is 0 Å². The van der Waals surface area contributed by atoms with Crippen LogP contribution in [0.25, 0.3) is 12.2 Å². The molecule has 10 heteroatoms. The number of rotatable bonds is 6. The molecule has 0 saturated carbocycles. The van der Waals surface area contributed by atoms with Gasteiger partial charge in [0.2, 0.25) is 0 Å². The number of hydrogen-bond acceptors (Lipinski definition) is 8. The molecule has 24 heavy (non-hydrogen) atoms. The summed E-state index contributed by atoms with van der Waals surface area (Å²) in [5, 5.41) is 11.8. The Balaban J connectivity index is 2.42. The van der Waals surface area contributed by atoms with Crippen molar-refractivity contribution in [2.45, 2.75) is 9.79 Å². The minimum Gasteiger partial charge on any atom is -0.399 e. The van der Waals surface area contributed by atoms with Crippen LogP contribution in [0, 0.1) is 0 Å². The van der Waals surface area contributed by atoms with Crippen LogP contribution in [0.3, 0.4) is 0 Å². The van der Waals surface area contributed by atoms with Crippen molar-refractivity contribution in [2.24, 2.45) is 0 Å². The molecule has 0 aliphatic rings. The number of benzene rings is 2. The Bertz CT molecular complexity index is 868. The molecule has 6 N–H and O–H groups in total. The third-order valence-electron chi connectivity index (χ3n) is 2.95. The summed E-state index contributed by atoms with van der Waals surface area (Å²) in [6, 6.07) is 9.02. The van der Waals surface area contributed by atoms with E-state index >= 15 is 0 Å². The Morgan fingerprint density at radius 2 is 1.58 bits per heavy atom. The standard InChI is InChI=1S/C14H14N2O6S2/c15-11-5-3-9(13(7-11)23-22-21-17)1-2-10-4-6-12(16)8-14(10)24(18,19)20/h1-8,17H,15-16H2,(H,18,19,20). The molecule has 0 fully saturated rings. The Morgan fingerprint density at radius 1 is 1.00 bits per heavy atom. The largest absolute Gasteiger partial charge is 0.399 e. The topological polar surface area (TPSA) is 145 Å². The van der Waals surface area contributed by atoms with Gasteiger partial charge in [-0.25, -0.2) is 5.26 Å². The fraction of sp³-hybridized carbons (Fsp3) is 0. The van der Waals surface area contributed by atoms with E-state index in [9.17, 15) is 13.0 Å². The molecular formula is C14H14N2O6S2. The summed E-state index contributed by atoms with van der Waals surface area (Å²) in [6.45, 7) is 0.